The zero-order chi connectivity index (χ0) is 15.9. The van der Waals surface area contributed by atoms with Crippen LogP contribution in [0.4, 0.5) is 0 Å². The van der Waals surface area contributed by atoms with Crippen LogP contribution in [0.15, 0.2) is 36.7 Å². The minimum atomic E-state index is -0.578. The average Bonchev–Trinajstić information content (AvgIpc) is 2.94. The minimum Gasteiger partial charge on any atom is -0.465 e. The number of ether oxygens (including phenoxy) is 2. The van der Waals surface area contributed by atoms with Crippen LogP contribution in [0, 0.1) is 0 Å². The van der Waals surface area contributed by atoms with Crippen molar-refractivity contribution in [2.24, 2.45) is 7.05 Å². The fourth-order valence-electron chi connectivity index (χ4n) is 2.72. The summed E-state index contributed by atoms with van der Waals surface area (Å²) in [6, 6.07) is 7.36. The normalized spacial score (nSPS) is 10.9. The second kappa shape index (κ2) is 5.14. The van der Waals surface area contributed by atoms with Gasteiger partial charge in [0.2, 0.25) is 0 Å². The highest BCUT2D eigenvalue weighted by atomic mass is 16.5. The van der Waals surface area contributed by atoms with E-state index >= 15 is 0 Å². The van der Waals surface area contributed by atoms with Crippen LogP contribution in [-0.2, 0) is 16.5 Å². The smallest absolute Gasteiger partial charge is 0.347 e. The lowest BCUT2D eigenvalue weighted by Crippen LogP contribution is -2.29. The number of pyridine rings is 1. The summed E-state index contributed by atoms with van der Waals surface area (Å²) in [4.78, 5) is 24.6. The van der Waals surface area contributed by atoms with Crippen molar-refractivity contribution in [2.45, 2.75) is 0 Å². The summed E-state index contributed by atoms with van der Waals surface area (Å²) in [5, 5.41) is 0.637. The molecule has 0 fully saturated rings. The van der Waals surface area contributed by atoms with E-state index in [9.17, 15) is 9.59 Å². The quantitative estimate of drug-likeness (QED) is 0.531. The molecule has 0 spiro atoms. The number of fused-ring (bicyclic) bond motifs is 3. The number of nitrogens with zero attached hydrogens (tertiary/aromatic N) is 2. The summed E-state index contributed by atoms with van der Waals surface area (Å²) in [5.41, 5.74) is 1.80. The van der Waals surface area contributed by atoms with Crippen molar-refractivity contribution in [3.8, 4) is 0 Å². The van der Waals surface area contributed by atoms with Crippen LogP contribution in [0.25, 0.3) is 16.6 Å². The van der Waals surface area contributed by atoms with Crippen molar-refractivity contribution in [1.82, 2.24) is 4.40 Å². The number of carbonyl (C=O) groups is 2. The van der Waals surface area contributed by atoms with Gasteiger partial charge in [0.05, 0.1) is 26.8 Å². The monoisotopic (exact) mass is 299 g/mol. The van der Waals surface area contributed by atoms with Crippen LogP contribution in [-0.4, -0.2) is 30.6 Å². The van der Waals surface area contributed by atoms with Gasteiger partial charge < -0.3 is 9.47 Å². The number of esters is 2. The Morgan fingerprint density at radius 3 is 2.36 bits per heavy atom. The molecule has 0 bridgehead atoms. The van der Waals surface area contributed by atoms with Gasteiger partial charge in [-0.15, -0.1) is 0 Å². The average molecular weight is 299 g/mol. The Hall–Kier alpha value is -2.89. The van der Waals surface area contributed by atoms with Crippen LogP contribution in [0.5, 0.6) is 0 Å². The molecule has 0 aliphatic heterocycles. The number of methoxy groups -OCH3 is 2. The van der Waals surface area contributed by atoms with Gasteiger partial charge in [0.15, 0.2) is 5.56 Å². The first-order chi connectivity index (χ1) is 10.6. The third kappa shape index (κ3) is 1.84. The number of carbonyl (C=O) groups excluding carboxylic acids is 2. The van der Waals surface area contributed by atoms with Crippen LogP contribution < -0.4 is 4.57 Å². The lowest BCUT2D eigenvalue weighted by molar-refractivity contribution is -0.644. The number of hydrogen-bond acceptors (Lipinski definition) is 4. The predicted octanol–water partition coefficient (Wildman–Crippen LogP) is 1.49. The number of rotatable bonds is 2. The van der Waals surface area contributed by atoms with Gasteiger partial charge in [-0.3, -0.25) is 0 Å². The van der Waals surface area contributed by atoms with Gasteiger partial charge in [-0.2, -0.15) is 4.40 Å². The molecule has 0 aliphatic carbocycles. The molecule has 6 nitrogen and oxygen atoms in total. The Morgan fingerprint density at radius 1 is 1.05 bits per heavy atom. The highest BCUT2D eigenvalue weighted by Crippen LogP contribution is 2.27. The van der Waals surface area contributed by atoms with Gasteiger partial charge in [-0.1, -0.05) is 12.1 Å². The van der Waals surface area contributed by atoms with Gasteiger partial charge >= 0.3 is 17.6 Å². The lowest BCUT2D eigenvalue weighted by atomic mass is 10.0. The maximum Gasteiger partial charge on any atom is 0.347 e. The van der Waals surface area contributed by atoms with E-state index in [1.165, 1.54) is 14.2 Å². The minimum absolute atomic E-state index is 0.195. The van der Waals surface area contributed by atoms with E-state index in [2.05, 4.69) is 0 Å². The van der Waals surface area contributed by atoms with E-state index in [-0.39, 0.29) is 11.1 Å². The third-order valence-corrected chi connectivity index (χ3v) is 3.69. The first kappa shape index (κ1) is 14.1. The summed E-state index contributed by atoms with van der Waals surface area (Å²) in [5.74, 6) is -1.15. The molecule has 1 aromatic carbocycles. The molecule has 6 heteroatoms. The molecule has 2 heterocycles. The number of hydrogen-bond donors (Lipinski definition) is 0. The molecule has 3 rings (SSSR count). The maximum absolute atomic E-state index is 12.3. The SMILES string of the molecule is COC(=O)c1c(C(=O)OC)c2n(cc[n+]2C)c2ccccc12. The van der Waals surface area contributed by atoms with Gasteiger partial charge in [-0.25, -0.2) is 14.2 Å². The summed E-state index contributed by atoms with van der Waals surface area (Å²) in [6.07, 6.45) is 3.65. The number of aryl methyl sites for hydroxylation is 1. The molecule has 0 amide bonds. The van der Waals surface area contributed by atoms with Gasteiger partial charge in [-0.05, 0) is 12.1 Å². The Balaban J connectivity index is 2.62. The molecule has 2 aromatic heterocycles. The van der Waals surface area contributed by atoms with Crippen LogP contribution in [0.2, 0.25) is 0 Å². The number of para-hydroxylation sites is 1. The van der Waals surface area contributed by atoms with Crippen LogP contribution >= 0.6 is 0 Å². The molecular formula is C16H15N2O4+. The molecule has 22 heavy (non-hydrogen) atoms. The van der Waals surface area contributed by atoms with Crippen molar-refractivity contribution in [2.75, 3.05) is 14.2 Å². The molecule has 0 atom stereocenters. The fourth-order valence-corrected chi connectivity index (χ4v) is 2.72. The van der Waals surface area contributed by atoms with E-state index in [1.807, 2.05) is 35.0 Å². The molecular weight excluding hydrogens is 284 g/mol. The first-order valence-electron chi connectivity index (χ1n) is 6.68. The molecule has 112 valence electrons. The van der Waals surface area contributed by atoms with E-state index < -0.39 is 11.9 Å². The third-order valence-electron chi connectivity index (χ3n) is 3.69. The Bertz CT molecular complexity index is 911. The zero-order valence-corrected chi connectivity index (χ0v) is 12.5. The molecule has 0 radical (unpaired) electrons. The summed E-state index contributed by atoms with van der Waals surface area (Å²) in [6.45, 7) is 0. The van der Waals surface area contributed by atoms with Crippen LogP contribution in [0.3, 0.4) is 0 Å². The van der Waals surface area contributed by atoms with E-state index in [4.69, 9.17) is 9.47 Å². The van der Waals surface area contributed by atoms with Crippen molar-refractivity contribution in [3.63, 3.8) is 0 Å². The summed E-state index contributed by atoms with van der Waals surface area (Å²) in [7, 11) is 4.39. The topological polar surface area (TPSA) is 60.9 Å². The van der Waals surface area contributed by atoms with Crippen molar-refractivity contribution < 1.29 is 23.6 Å². The van der Waals surface area contributed by atoms with E-state index in [1.54, 1.807) is 17.7 Å². The maximum atomic E-state index is 12.3. The van der Waals surface area contributed by atoms with E-state index in [0.717, 1.165) is 5.52 Å². The highest BCUT2D eigenvalue weighted by Gasteiger charge is 2.31. The number of imidazole rings is 1. The molecule has 0 saturated heterocycles. The van der Waals surface area contributed by atoms with Gasteiger partial charge in [0, 0.05) is 5.39 Å². The van der Waals surface area contributed by atoms with E-state index in [0.29, 0.717) is 11.0 Å². The molecule has 0 saturated carbocycles. The fraction of sp³-hybridized carbons (Fsp3) is 0.188. The van der Waals surface area contributed by atoms with Crippen molar-refractivity contribution >= 4 is 28.5 Å². The molecule has 0 unspecified atom stereocenters. The summed E-state index contributed by atoms with van der Waals surface area (Å²) < 4.78 is 13.4. The van der Waals surface area contributed by atoms with Crippen molar-refractivity contribution in [1.29, 1.82) is 0 Å². The highest BCUT2D eigenvalue weighted by molar-refractivity contribution is 6.15. The largest absolute Gasteiger partial charge is 0.465 e. The second-order valence-corrected chi connectivity index (χ2v) is 4.85. The van der Waals surface area contributed by atoms with Gasteiger partial charge in [0.1, 0.15) is 17.9 Å². The Kier molecular flexibility index (Phi) is 3.29. The second-order valence-electron chi connectivity index (χ2n) is 4.85. The van der Waals surface area contributed by atoms with Crippen molar-refractivity contribution in [3.05, 3.63) is 47.8 Å². The first-order valence-corrected chi connectivity index (χ1v) is 6.68. The predicted molar refractivity (Wildman–Crippen MR) is 78.8 cm³/mol. The van der Waals surface area contributed by atoms with Gasteiger partial charge in [0.25, 0.3) is 0 Å². The Morgan fingerprint density at radius 2 is 1.68 bits per heavy atom. The van der Waals surface area contributed by atoms with Crippen LogP contribution in [0.1, 0.15) is 20.7 Å². The number of benzene rings is 1. The molecule has 0 N–H and O–H groups in total. The zero-order valence-electron chi connectivity index (χ0n) is 12.5. The Labute approximate surface area is 126 Å². The summed E-state index contributed by atoms with van der Waals surface area (Å²) >= 11 is 0. The molecule has 0 aliphatic rings. The molecule has 3 aromatic rings. The lowest BCUT2D eigenvalue weighted by Gasteiger charge is -2.09. The number of aromatic nitrogens is 2. The standard InChI is InChI=1S/C16H15N2O4/c1-17-8-9-18-11-7-5-4-6-10(11)12(15(19)21-2)13(14(17)18)16(20)22-3/h4-9H,1-3H3/q+1.